The fraction of sp³-hybridized carbons (Fsp3) is 0.444. The van der Waals surface area contributed by atoms with Crippen LogP contribution in [0.2, 0.25) is 0 Å². The number of methoxy groups -OCH3 is 1. The molecule has 36 heavy (non-hydrogen) atoms. The van der Waals surface area contributed by atoms with E-state index in [1.54, 1.807) is 32.4 Å². The molecule has 2 heterocycles. The minimum absolute atomic E-state index is 0.0409. The standard InChI is InChI=1S/C27H34FN3O5/c1-20-14-23(5-6-24(20)28)36-19-27(32)17-30(10-12-34-18-27)16-22-4-7-25(33-3)26(15-22)35-13-11-31-9-8-29-21(31)2/h4-9,14-15,32H,10-13,16-19H2,1-3H3/t27-/m0/s1. The largest absolute Gasteiger partial charge is 0.493 e. The van der Waals surface area contributed by atoms with Crippen LogP contribution in [0, 0.1) is 19.7 Å². The molecule has 0 spiro atoms. The molecule has 4 rings (SSSR count). The van der Waals surface area contributed by atoms with Gasteiger partial charge in [0.2, 0.25) is 0 Å². The summed E-state index contributed by atoms with van der Waals surface area (Å²) < 4.78 is 38.6. The third-order valence-corrected chi connectivity index (χ3v) is 6.23. The summed E-state index contributed by atoms with van der Waals surface area (Å²) in [5, 5.41) is 11.2. The van der Waals surface area contributed by atoms with Crippen LogP contribution in [-0.2, 0) is 17.8 Å². The number of imidazole rings is 1. The number of ether oxygens (including phenoxy) is 4. The van der Waals surface area contributed by atoms with E-state index in [2.05, 4.69) is 9.88 Å². The molecule has 0 radical (unpaired) electrons. The van der Waals surface area contributed by atoms with Gasteiger partial charge in [0.25, 0.3) is 0 Å². The van der Waals surface area contributed by atoms with Crippen LogP contribution in [0.15, 0.2) is 48.8 Å². The van der Waals surface area contributed by atoms with Gasteiger partial charge in [0, 0.05) is 32.0 Å². The Hall–Kier alpha value is -3.14. The van der Waals surface area contributed by atoms with Crippen LogP contribution < -0.4 is 14.2 Å². The Kier molecular flexibility index (Phi) is 8.45. The average molecular weight is 500 g/mol. The summed E-state index contributed by atoms with van der Waals surface area (Å²) in [6, 6.07) is 10.4. The zero-order valence-corrected chi connectivity index (χ0v) is 21.1. The van der Waals surface area contributed by atoms with Gasteiger partial charge in [0.05, 0.1) is 26.9 Å². The Bertz CT molecular complexity index is 1150. The van der Waals surface area contributed by atoms with E-state index in [1.165, 1.54) is 6.07 Å². The molecule has 1 N–H and O–H groups in total. The van der Waals surface area contributed by atoms with Gasteiger partial charge < -0.3 is 28.6 Å². The lowest BCUT2D eigenvalue weighted by Crippen LogP contribution is -2.48. The molecular formula is C27H34FN3O5. The molecule has 0 amide bonds. The maximum absolute atomic E-state index is 13.6. The topological polar surface area (TPSA) is 78.2 Å². The molecule has 2 aromatic carbocycles. The van der Waals surface area contributed by atoms with Crippen molar-refractivity contribution in [3.05, 3.63) is 71.6 Å². The quantitative estimate of drug-likeness (QED) is 0.458. The van der Waals surface area contributed by atoms with Gasteiger partial charge in [-0.15, -0.1) is 0 Å². The predicted octanol–water partition coefficient (Wildman–Crippen LogP) is 3.37. The second-order valence-corrected chi connectivity index (χ2v) is 9.19. The van der Waals surface area contributed by atoms with Crippen LogP contribution in [-0.4, -0.2) is 71.8 Å². The third-order valence-electron chi connectivity index (χ3n) is 6.23. The first-order valence-electron chi connectivity index (χ1n) is 12.0. The number of hydrogen-bond acceptors (Lipinski definition) is 7. The fourth-order valence-corrected chi connectivity index (χ4v) is 4.23. The molecule has 1 saturated heterocycles. The second-order valence-electron chi connectivity index (χ2n) is 9.19. The van der Waals surface area contributed by atoms with Gasteiger partial charge in [-0.2, -0.15) is 0 Å². The third kappa shape index (κ3) is 6.75. The first kappa shape index (κ1) is 25.9. The highest BCUT2D eigenvalue weighted by Gasteiger charge is 2.33. The maximum atomic E-state index is 13.6. The molecule has 0 saturated carbocycles. The zero-order valence-electron chi connectivity index (χ0n) is 21.1. The van der Waals surface area contributed by atoms with E-state index in [-0.39, 0.29) is 19.0 Å². The van der Waals surface area contributed by atoms with E-state index in [4.69, 9.17) is 18.9 Å². The predicted molar refractivity (Wildman–Crippen MR) is 133 cm³/mol. The van der Waals surface area contributed by atoms with Gasteiger partial charge in [-0.3, -0.25) is 4.90 Å². The van der Waals surface area contributed by atoms with Gasteiger partial charge in [-0.1, -0.05) is 6.07 Å². The summed E-state index contributed by atoms with van der Waals surface area (Å²) in [5.74, 6) is 2.50. The number of hydrogen-bond donors (Lipinski definition) is 1. The zero-order chi connectivity index (χ0) is 25.5. The molecule has 1 fully saturated rings. The van der Waals surface area contributed by atoms with Crippen molar-refractivity contribution in [2.24, 2.45) is 0 Å². The summed E-state index contributed by atoms with van der Waals surface area (Å²) in [6.45, 7) is 7.14. The first-order valence-corrected chi connectivity index (χ1v) is 12.0. The minimum atomic E-state index is -1.20. The Balaban J connectivity index is 1.38. The van der Waals surface area contributed by atoms with Crippen LogP contribution in [0.3, 0.4) is 0 Å². The number of benzene rings is 2. The molecule has 194 valence electrons. The average Bonchev–Trinajstić information content (AvgIpc) is 3.17. The fourth-order valence-electron chi connectivity index (χ4n) is 4.23. The lowest BCUT2D eigenvalue weighted by atomic mass is 10.1. The van der Waals surface area contributed by atoms with Crippen LogP contribution in [0.5, 0.6) is 17.2 Å². The molecule has 3 aromatic rings. The first-order chi connectivity index (χ1) is 17.3. The van der Waals surface area contributed by atoms with E-state index in [0.717, 1.165) is 11.4 Å². The number of β-amino-alcohol motifs (C(OH)–C–C–N with tert-alkyl or cyclic N) is 1. The van der Waals surface area contributed by atoms with Crippen molar-refractivity contribution in [3.8, 4) is 17.2 Å². The van der Waals surface area contributed by atoms with Crippen molar-refractivity contribution in [2.75, 3.05) is 46.6 Å². The summed E-state index contributed by atoms with van der Waals surface area (Å²) in [7, 11) is 1.62. The summed E-state index contributed by atoms with van der Waals surface area (Å²) in [4.78, 5) is 6.37. The highest BCUT2D eigenvalue weighted by atomic mass is 19.1. The second kappa shape index (κ2) is 11.7. The maximum Gasteiger partial charge on any atom is 0.161 e. The van der Waals surface area contributed by atoms with E-state index in [0.29, 0.717) is 62.2 Å². The molecule has 1 aromatic heterocycles. The van der Waals surface area contributed by atoms with Gasteiger partial charge in [-0.25, -0.2) is 9.37 Å². The highest BCUT2D eigenvalue weighted by molar-refractivity contribution is 5.43. The molecule has 9 heteroatoms. The Morgan fingerprint density at radius 2 is 2.00 bits per heavy atom. The van der Waals surface area contributed by atoms with Crippen molar-refractivity contribution < 1.29 is 28.4 Å². The number of aromatic nitrogens is 2. The number of halogens is 1. The van der Waals surface area contributed by atoms with Gasteiger partial charge in [-0.05, 0) is 55.3 Å². The molecule has 0 aliphatic carbocycles. The number of rotatable bonds is 10. The highest BCUT2D eigenvalue weighted by Crippen LogP contribution is 2.29. The minimum Gasteiger partial charge on any atom is -0.493 e. The normalized spacial score (nSPS) is 18.6. The molecule has 8 nitrogen and oxygen atoms in total. The smallest absolute Gasteiger partial charge is 0.161 e. The Morgan fingerprint density at radius 1 is 1.14 bits per heavy atom. The number of nitrogens with zero attached hydrogens (tertiary/aromatic N) is 3. The van der Waals surface area contributed by atoms with Crippen LogP contribution in [0.4, 0.5) is 4.39 Å². The SMILES string of the molecule is COc1ccc(CN2CCOC[C@](O)(COc3ccc(F)c(C)c3)C2)cc1OCCn1ccnc1C. The van der Waals surface area contributed by atoms with Crippen molar-refractivity contribution >= 4 is 0 Å². The van der Waals surface area contributed by atoms with E-state index in [1.807, 2.05) is 35.9 Å². The van der Waals surface area contributed by atoms with Gasteiger partial charge >= 0.3 is 0 Å². The lowest BCUT2D eigenvalue weighted by Gasteiger charge is -2.30. The lowest BCUT2D eigenvalue weighted by molar-refractivity contribution is -0.0646. The Morgan fingerprint density at radius 3 is 2.75 bits per heavy atom. The van der Waals surface area contributed by atoms with Crippen molar-refractivity contribution in [2.45, 2.75) is 32.5 Å². The van der Waals surface area contributed by atoms with Crippen LogP contribution in [0.25, 0.3) is 0 Å². The molecule has 0 unspecified atom stereocenters. The van der Waals surface area contributed by atoms with Gasteiger partial charge in [0.15, 0.2) is 11.5 Å². The summed E-state index contributed by atoms with van der Waals surface area (Å²) >= 11 is 0. The van der Waals surface area contributed by atoms with E-state index in [9.17, 15) is 9.50 Å². The number of aliphatic hydroxyl groups is 1. The van der Waals surface area contributed by atoms with E-state index >= 15 is 0 Å². The molecule has 0 bridgehead atoms. The van der Waals surface area contributed by atoms with Crippen molar-refractivity contribution in [1.82, 2.24) is 14.5 Å². The van der Waals surface area contributed by atoms with Crippen LogP contribution >= 0.6 is 0 Å². The van der Waals surface area contributed by atoms with Crippen molar-refractivity contribution in [3.63, 3.8) is 0 Å². The molecular weight excluding hydrogens is 465 g/mol. The number of aryl methyl sites for hydroxylation is 2. The van der Waals surface area contributed by atoms with Gasteiger partial charge in [0.1, 0.15) is 36.2 Å². The molecule has 1 aliphatic heterocycles. The molecule has 1 atom stereocenters. The molecule has 1 aliphatic rings. The van der Waals surface area contributed by atoms with Crippen LogP contribution in [0.1, 0.15) is 17.0 Å². The summed E-state index contributed by atoms with van der Waals surface area (Å²) in [6.07, 6.45) is 3.70. The Labute approximate surface area is 211 Å². The summed E-state index contributed by atoms with van der Waals surface area (Å²) in [5.41, 5.74) is 0.327. The monoisotopic (exact) mass is 499 g/mol. The van der Waals surface area contributed by atoms with E-state index < -0.39 is 5.60 Å². The van der Waals surface area contributed by atoms with Crippen molar-refractivity contribution in [1.29, 1.82) is 0 Å².